The van der Waals surface area contributed by atoms with E-state index in [-0.39, 0.29) is 36.7 Å². The van der Waals surface area contributed by atoms with Crippen LogP contribution in [0.1, 0.15) is 43.5 Å². The number of carbonyl (C=O) groups excluding carboxylic acids is 1. The van der Waals surface area contributed by atoms with Gasteiger partial charge in [0.25, 0.3) is 0 Å². The summed E-state index contributed by atoms with van der Waals surface area (Å²) in [6.45, 7) is 2.86. The van der Waals surface area contributed by atoms with Crippen LogP contribution >= 0.6 is 0 Å². The first-order valence-electron chi connectivity index (χ1n) is 9.98. The van der Waals surface area contributed by atoms with E-state index in [9.17, 15) is 18.0 Å². The van der Waals surface area contributed by atoms with Crippen molar-refractivity contribution in [1.82, 2.24) is 10.3 Å². The molecule has 1 saturated heterocycles. The molecule has 2 atom stereocenters. The quantitative estimate of drug-likeness (QED) is 0.708. The molecular formula is C22H23F3N4O2. The van der Waals surface area contributed by atoms with Crippen LogP contribution in [0.2, 0.25) is 0 Å². The van der Waals surface area contributed by atoms with Crippen molar-refractivity contribution in [1.29, 1.82) is 5.26 Å². The standard InChI is InChI=1S/C22H23F3N4O2/c1-15(27-21(30)6-3-12-26)16-7-9-17(10-8-16)31-18-11-13-29(14-18)20-5-2-4-19(28-20)22(23,24)25/h2,4-5,7-10,15,18H,3,6,11,13-14H2,1H3,(H,27,30)/t15-,18+/m0/s1. The van der Waals surface area contributed by atoms with Crippen molar-refractivity contribution < 1.29 is 22.7 Å². The Balaban J connectivity index is 1.55. The first-order valence-corrected chi connectivity index (χ1v) is 9.98. The van der Waals surface area contributed by atoms with Gasteiger partial charge in [-0.15, -0.1) is 0 Å². The van der Waals surface area contributed by atoms with E-state index in [4.69, 9.17) is 10.00 Å². The molecule has 164 valence electrons. The molecule has 2 aromatic rings. The molecule has 9 heteroatoms. The number of benzene rings is 1. The predicted molar refractivity (Wildman–Crippen MR) is 108 cm³/mol. The van der Waals surface area contributed by atoms with Crippen molar-refractivity contribution in [3.8, 4) is 11.8 Å². The van der Waals surface area contributed by atoms with Gasteiger partial charge in [0.2, 0.25) is 5.91 Å². The highest BCUT2D eigenvalue weighted by Crippen LogP contribution is 2.30. The van der Waals surface area contributed by atoms with Gasteiger partial charge < -0.3 is 15.0 Å². The van der Waals surface area contributed by atoms with Gasteiger partial charge in [-0.05, 0) is 36.8 Å². The summed E-state index contributed by atoms with van der Waals surface area (Å²) in [6, 6.07) is 12.9. The maximum Gasteiger partial charge on any atom is 0.433 e. The molecule has 0 spiro atoms. The number of amides is 1. The molecule has 0 aliphatic carbocycles. The number of ether oxygens (including phenoxy) is 1. The van der Waals surface area contributed by atoms with Crippen molar-refractivity contribution in [2.75, 3.05) is 18.0 Å². The molecular weight excluding hydrogens is 409 g/mol. The lowest BCUT2D eigenvalue weighted by atomic mass is 10.1. The second kappa shape index (κ2) is 9.69. The van der Waals surface area contributed by atoms with Gasteiger partial charge in [0, 0.05) is 25.8 Å². The lowest BCUT2D eigenvalue weighted by Gasteiger charge is -2.19. The van der Waals surface area contributed by atoms with Gasteiger partial charge in [-0.2, -0.15) is 18.4 Å². The second-order valence-corrected chi connectivity index (χ2v) is 7.37. The summed E-state index contributed by atoms with van der Waals surface area (Å²) in [5.74, 6) is 0.761. The number of aromatic nitrogens is 1. The van der Waals surface area contributed by atoms with Gasteiger partial charge in [-0.1, -0.05) is 18.2 Å². The number of nitrogens with one attached hydrogen (secondary N) is 1. The average Bonchev–Trinajstić information content (AvgIpc) is 3.20. The Morgan fingerprint density at radius 2 is 2.06 bits per heavy atom. The summed E-state index contributed by atoms with van der Waals surface area (Å²) in [7, 11) is 0. The van der Waals surface area contributed by atoms with Crippen LogP contribution in [0, 0.1) is 11.3 Å². The van der Waals surface area contributed by atoms with E-state index < -0.39 is 11.9 Å². The Kier molecular flexibility index (Phi) is 7.00. The molecule has 1 aromatic heterocycles. The molecule has 6 nitrogen and oxygen atoms in total. The topological polar surface area (TPSA) is 78.2 Å². The number of carbonyl (C=O) groups is 1. The molecule has 1 N–H and O–H groups in total. The molecule has 1 fully saturated rings. The van der Waals surface area contributed by atoms with Crippen LogP contribution < -0.4 is 15.0 Å². The Labute approximate surface area is 178 Å². The van der Waals surface area contributed by atoms with Crippen molar-refractivity contribution in [2.45, 2.75) is 44.5 Å². The van der Waals surface area contributed by atoms with Gasteiger partial charge >= 0.3 is 6.18 Å². The zero-order valence-electron chi connectivity index (χ0n) is 17.0. The van der Waals surface area contributed by atoms with Crippen LogP contribution in [0.3, 0.4) is 0 Å². The Hall–Kier alpha value is -3.28. The molecule has 1 amide bonds. The third-order valence-electron chi connectivity index (χ3n) is 5.02. The average molecular weight is 432 g/mol. The summed E-state index contributed by atoms with van der Waals surface area (Å²) in [5.41, 5.74) is -0.00216. The first-order chi connectivity index (χ1) is 14.8. The van der Waals surface area contributed by atoms with Crippen LogP contribution in [0.15, 0.2) is 42.5 Å². The molecule has 31 heavy (non-hydrogen) atoms. The zero-order chi connectivity index (χ0) is 22.4. The third-order valence-corrected chi connectivity index (χ3v) is 5.02. The number of hydrogen-bond donors (Lipinski definition) is 1. The number of nitriles is 1. The molecule has 1 aromatic carbocycles. The van der Waals surface area contributed by atoms with Gasteiger partial charge in [-0.3, -0.25) is 4.79 Å². The summed E-state index contributed by atoms with van der Waals surface area (Å²) in [5, 5.41) is 11.4. The fraction of sp³-hybridized carbons (Fsp3) is 0.409. The lowest BCUT2D eigenvalue weighted by Crippen LogP contribution is -2.26. The normalized spacial score (nSPS) is 17.1. The number of nitrogens with zero attached hydrogens (tertiary/aromatic N) is 3. The Bertz CT molecular complexity index is 941. The number of pyridine rings is 1. The van der Waals surface area contributed by atoms with Crippen LogP contribution in [-0.4, -0.2) is 30.1 Å². The minimum absolute atomic E-state index is 0.162. The Morgan fingerprint density at radius 1 is 1.32 bits per heavy atom. The van der Waals surface area contributed by atoms with Crippen LogP contribution in [0.25, 0.3) is 0 Å². The van der Waals surface area contributed by atoms with Crippen LogP contribution in [0.4, 0.5) is 19.0 Å². The van der Waals surface area contributed by atoms with E-state index in [2.05, 4.69) is 10.3 Å². The fourth-order valence-electron chi connectivity index (χ4n) is 3.38. The summed E-state index contributed by atoms with van der Waals surface area (Å²) in [4.78, 5) is 17.3. The fourth-order valence-corrected chi connectivity index (χ4v) is 3.38. The SMILES string of the molecule is C[C@H](NC(=O)CCC#N)c1ccc(O[C@@H]2CCN(c3cccc(C(F)(F)F)n3)C2)cc1. The molecule has 1 aliphatic rings. The molecule has 2 heterocycles. The van der Waals surface area contributed by atoms with Crippen molar-refractivity contribution in [2.24, 2.45) is 0 Å². The highest BCUT2D eigenvalue weighted by molar-refractivity contribution is 5.76. The van der Waals surface area contributed by atoms with Gasteiger partial charge in [0.15, 0.2) is 0 Å². The van der Waals surface area contributed by atoms with E-state index in [1.807, 2.05) is 25.1 Å². The maximum atomic E-state index is 12.9. The van der Waals surface area contributed by atoms with Crippen LogP contribution in [-0.2, 0) is 11.0 Å². The second-order valence-electron chi connectivity index (χ2n) is 7.37. The number of halogens is 3. The smallest absolute Gasteiger partial charge is 0.433 e. The monoisotopic (exact) mass is 432 g/mol. The molecule has 0 unspecified atom stereocenters. The van der Waals surface area contributed by atoms with Crippen molar-refractivity contribution in [3.63, 3.8) is 0 Å². The predicted octanol–water partition coefficient (Wildman–Crippen LogP) is 4.24. The zero-order valence-corrected chi connectivity index (χ0v) is 17.0. The van der Waals surface area contributed by atoms with Gasteiger partial charge in [0.1, 0.15) is 23.4 Å². The van der Waals surface area contributed by atoms with E-state index in [0.717, 1.165) is 11.6 Å². The Morgan fingerprint density at radius 3 is 2.74 bits per heavy atom. The molecule has 0 bridgehead atoms. The van der Waals surface area contributed by atoms with Crippen LogP contribution in [0.5, 0.6) is 5.75 Å². The highest BCUT2D eigenvalue weighted by atomic mass is 19.4. The summed E-state index contributed by atoms with van der Waals surface area (Å²) < 4.78 is 44.7. The van der Waals surface area contributed by atoms with E-state index >= 15 is 0 Å². The minimum Gasteiger partial charge on any atom is -0.489 e. The molecule has 0 saturated carbocycles. The van der Waals surface area contributed by atoms with Gasteiger partial charge in [0.05, 0.1) is 18.7 Å². The van der Waals surface area contributed by atoms with E-state index in [1.165, 1.54) is 6.07 Å². The number of rotatable bonds is 7. The summed E-state index contributed by atoms with van der Waals surface area (Å²) >= 11 is 0. The largest absolute Gasteiger partial charge is 0.489 e. The lowest BCUT2D eigenvalue weighted by molar-refractivity contribution is -0.141. The van der Waals surface area contributed by atoms with E-state index in [0.29, 0.717) is 25.3 Å². The molecule has 0 radical (unpaired) electrons. The molecule has 3 rings (SSSR count). The number of anilines is 1. The van der Waals surface area contributed by atoms with Gasteiger partial charge in [-0.25, -0.2) is 4.98 Å². The maximum absolute atomic E-state index is 12.9. The highest BCUT2D eigenvalue weighted by Gasteiger charge is 2.33. The van der Waals surface area contributed by atoms with E-state index in [1.54, 1.807) is 23.1 Å². The number of hydrogen-bond acceptors (Lipinski definition) is 5. The van der Waals surface area contributed by atoms with Crippen molar-refractivity contribution in [3.05, 3.63) is 53.7 Å². The number of alkyl halides is 3. The third kappa shape index (κ3) is 6.10. The summed E-state index contributed by atoms with van der Waals surface area (Å²) in [6.07, 6.45) is -3.61. The first kappa shape index (κ1) is 22.4. The molecule has 1 aliphatic heterocycles. The minimum atomic E-state index is -4.47. The van der Waals surface area contributed by atoms with Crippen molar-refractivity contribution >= 4 is 11.7 Å².